The first kappa shape index (κ1) is 16.3. The molecule has 134 valence electrons. The molecule has 28 heavy (non-hydrogen) atoms. The van der Waals surface area contributed by atoms with Gasteiger partial charge in [-0.2, -0.15) is 0 Å². The van der Waals surface area contributed by atoms with Crippen LogP contribution in [0, 0.1) is 5.82 Å². The van der Waals surface area contributed by atoms with E-state index in [0.29, 0.717) is 16.9 Å². The number of hydrogen-bond acceptors (Lipinski definition) is 4. The second kappa shape index (κ2) is 6.70. The Bertz CT molecular complexity index is 1320. The van der Waals surface area contributed by atoms with Crippen LogP contribution in [-0.4, -0.2) is 15.0 Å². The molecular weight excluding hydrogens is 351 g/mol. The quantitative estimate of drug-likeness (QED) is 0.443. The lowest BCUT2D eigenvalue weighted by molar-refractivity contribution is 0.631. The van der Waals surface area contributed by atoms with E-state index in [2.05, 4.69) is 26.3 Å². The minimum Gasteiger partial charge on any atom is -0.355 e. The predicted molar refractivity (Wildman–Crippen MR) is 110 cm³/mol. The Morgan fingerprint density at radius 1 is 0.821 bits per heavy atom. The van der Waals surface area contributed by atoms with Crippen LogP contribution in [0.25, 0.3) is 33.1 Å². The Kier molecular flexibility index (Phi) is 3.91. The van der Waals surface area contributed by atoms with Crippen LogP contribution in [-0.2, 0) is 0 Å². The van der Waals surface area contributed by atoms with Gasteiger partial charge in [0.1, 0.15) is 5.82 Å². The van der Waals surface area contributed by atoms with E-state index in [1.54, 1.807) is 30.6 Å². The van der Waals surface area contributed by atoms with Gasteiger partial charge in [-0.15, -0.1) is 0 Å². The second-order valence-corrected chi connectivity index (χ2v) is 6.47. The molecule has 5 aromatic rings. The molecule has 0 aliphatic carbocycles. The highest BCUT2D eigenvalue weighted by atomic mass is 19.1. The Balaban J connectivity index is 1.66. The maximum atomic E-state index is 14.3. The molecule has 0 saturated heterocycles. The minimum absolute atomic E-state index is 0.311. The summed E-state index contributed by atoms with van der Waals surface area (Å²) in [6, 6.07) is 20.3. The molecule has 4 nitrogen and oxygen atoms in total. The first-order chi connectivity index (χ1) is 13.8. The van der Waals surface area contributed by atoms with Crippen molar-refractivity contribution in [2.75, 3.05) is 5.32 Å². The Labute approximate surface area is 160 Å². The van der Waals surface area contributed by atoms with Gasteiger partial charge in [0.2, 0.25) is 0 Å². The topological polar surface area (TPSA) is 50.7 Å². The summed E-state index contributed by atoms with van der Waals surface area (Å²) in [6.45, 7) is 0. The fourth-order valence-corrected chi connectivity index (χ4v) is 3.28. The third-order valence-electron chi connectivity index (χ3n) is 4.65. The molecule has 2 aromatic carbocycles. The molecule has 5 rings (SSSR count). The monoisotopic (exact) mass is 366 g/mol. The molecule has 0 amide bonds. The van der Waals surface area contributed by atoms with Gasteiger partial charge in [-0.3, -0.25) is 4.98 Å². The fourth-order valence-electron chi connectivity index (χ4n) is 3.28. The molecule has 0 spiro atoms. The Morgan fingerprint density at radius 2 is 1.75 bits per heavy atom. The lowest BCUT2D eigenvalue weighted by Crippen LogP contribution is -1.97. The molecule has 0 unspecified atom stereocenters. The number of benzene rings is 2. The van der Waals surface area contributed by atoms with E-state index in [0.717, 1.165) is 27.5 Å². The summed E-state index contributed by atoms with van der Waals surface area (Å²) >= 11 is 0. The Morgan fingerprint density at radius 3 is 2.68 bits per heavy atom. The second-order valence-electron chi connectivity index (χ2n) is 6.47. The summed E-state index contributed by atoms with van der Waals surface area (Å²) in [6.07, 6.45) is 5.29. The van der Waals surface area contributed by atoms with Crippen molar-refractivity contribution in [1.82, 2.24) is 15.0 Å². The smallest absolute Gasteiger partial charge is 0.161 e. The van der Waals surface area contributed by atoms with Crippen molar-refractivity contribution in [3.05, 3.63) is 91.1 Å². The van der Waals surface area contributed by atoms with Crippen molar-refractivity contribution in [2.45, 2.75) is 0 Å². The van der Waals surface area contributed by atoms with E-state index < -0.39 is 0 Å². The first-order valence-electron chi connectivity index (χ1n) is 8.89. The van der Waals surface area contributed by atoms with Crippen LogP contribution in [0.5, 0.6) is 0 Å². The summed E-state index contributed by atoms with van der Waals surface area (Å²) < 4.78 is 14.3. The third kappa shape index (κ3) is 2.93. The molecule has 0 bridgehead atoms. The molecule has 0 aliphatic heterocycles. The zero-order valence-electron chi connectivity index (χ0n) is 14.8. The highest BCUT2D eigenvalue weighted by Crippen LogP contribution is 2.31. The van der Waals surface area contributed by atoms with Gasteiger partial charge in [-0.25, -0.2) is 14.4 Å². The molecule has 3 aromatic heterocycles. The molecule has 5 heteroatoms. The van der Waals surface area contributed by atoms with E-state index >= 15 is 0 Å². The van der Waals surface area contributed by atoms with Gasteiger partial charge in [-0.1, -0.05) is 18.2 Å². The largest absolute Gasteiger partial charge is 0.355 e. The van der Waals surface area contributed by atoms with Crippen molar-refractivity contribution in [3.63, 3.8) is 0 Å². The average molecular weight is 366 g/mol. The van der Waals surface area contributed by atoms with Crippen molar-refractivity contribution in [3.8, 4) is 11.3 Å². The van der Waals surface area contributed by atoms with Crippen LogP contribution < -0.4 is 5.32 Å². The van der Waals surface area contributed by atoms with Gasteiger partial charge in [0.25, 0.3) is 0 Å². The number of hydrogen-bond donors (Lipinski definition) is 1. The van der Waals surface area contributed by atoms with E-state index in [-0.39, 0.29) is 5.82 Å². The molecule has 0 aliphatic rings. The molecule has 0 saturated carbocycles. The van der Waals surface area contributed by atoms with E-state index in [9.17, 15) is 4.39 Å². The first-order valence-corrected chi connectivity index (χ1v) is 8.89. The minimum atomic E-state index is -0.311. The summed E-state index contributed by atoms with van der Waals surface area (Å²) in [5, 5.41) is 6.48. The highest BCUT2D eigenvalue weighted by Gasteiger charge is 2.11. The van der Waals surface area contributed by atoms with Gasteiger partial charge in [0.15, 0.2) is 5.65 Å². The van der Waals surface area contributed by atoms with E-state index in [4.69, 9.17) is 0 Å². The van der Waals surface area contributed by atoms with Gasteiger partial charge in [0.05, 0.1) is 11.4 Å². The zero-order chi connectivity index (χ0) is 18.9. The van der Waals surface area contributed by atoms with E-state index in [1.807, 2.05) is 42.6 Å². The van der Waals surface area contributed by atoms with Crippen LogP contribution in [0.4, 0.5) is 15.8 Å². The van der Waals surface area contributed by atoms with Gasteiger partial charge >= 0.3 is 0 Å². The summed E-state index contributed by atoms with van der Waals surface area (Å²) in [5.41, 5.74) is 3.30. The molecule has 0 fully saturated rings. The highest BCUT2D eigenvalue weighted by molar-refractivity contribution is 5.94. The number of aromatic nitrogens is 3. The van der Waals surface area contributed by atoms with Crippen molar-refractivity contribution in [2.24, 2.45) is 0 Å². The lowest BCUT2D eigenvalue weighted by atomic mass is 10.1. The predicted octanol–water partition coefficient (Wildman–Crippen LogP) is 5.73. The Hall–Kier alpha value is -3.86. The molecule has 0 atom stereocenters. The molecule has 1 N–H and O–H groups in total. The van der Waals surface area contributed by atoms with Crippen molar-refractivity contribution in [1.29, 1.82) is 0 Å². The summed E-state index contributed by atoms with van der Waals surface area (Å²) in [4.78, 5) is 13.1. The van der Waals surface area contributed by atoms with Crippen LogP contribution in [0.2, 0.25) is 0 Å². The number of pyridine rings is 3. The van der Waals surface area contributed by atoms with E-state index in [1.165, 1.54) is 6.07 Å². The lowest BCUT2D eigenvalue weighted by Gasteiger charge is -2.12. The normalized spacial score (nSPS) is 11.0. The molecular formula is C23H15FN4. The summed E-state index contributed by atoms with van der Waals surface area (Å²) in [7, 11) is 0. The van der Waals surface area contributed by atoms with Crippen molar-refractivity contribution < 1.29 is 4.39 Å². The third-order valence-corrected chi connectivity index (χ3v) is 4.65. The van der Waals surface area contributed by atoms with Gasteiger partial charge < -0.3 is 5.32 Å². The van der Waals surface area contributed by atoms with Gasteiger partial charge in [0, 0.05) is 40.6 Å². The number of fused-ring (bicyclic) bond motifs is 2. The van der Waals surface area contributed by atoms with Crippen LogP contribution >= 0.6 is 0 Å². The van der Waals surface area contributed by atoms with Crippen LogP contribution in [0.1, 0.15) is 0 Å². The number of anilines is 2. The number of nitrogens with one attached hydrogen (secondary N) is 1. The molecule has 3 heterocycles. The van der Waals surface area contributed by atoms with Gasteiger partial charge in [-0.05, 0) is 53.9 Å². The van der Waals surface area contributed by atoms with Crippen LogP contribution in [0.15, 0.2) is 85.3 Å². The SMILES string of the molecule is Fc1ccccc1-c1cc(Nc2ccc3cnccc3c2)c2cccnc2n1. The standard InChI is InChI=1S/C23H15FN4/c24-20-6-2-1-4-18(20)21-13-22(19-5-3-10-26-23(19)28-21)27-17-8-7-16-14-25-11-9-15(16)12-17/h1-14H,(H,26,27,28). The fraction of sp³-hybridized carbons (Fsp3) is 0. The average Bonchev–Trinajstić information content (AvgIpc) is 2.74. The number of rotatable bonds is 3. The maximum Gasteiger partial charge on any atom is 0.161 e. The number of halogens is 1. The van der Waals surface area contributed by atoms with Crippen molar-refractivity contribution >= 4 is 33.2 Å². The maximum absolute atomic E-state index is 14.3. The number of nitrogens with zero attached hydrogens (tertiary/aromatic N) is 3. The zero-order valence-corrected chi connectivity index (χ0v) is 14.8. The molecule has 0 radical (unpaired) electrons. The van der Waals surface area contributed by atoms with Crippen LogP contribution in [0.3, 0.4) is 0 Å². The summed E-state index contributed by atoms with van der Waals surface area (Å²) in [5.74, 6) is -0.311.